The Morgan fingerprint density at radius 1 is 1.37 bits per heavy atom. The lowest BCUT2D eigenvalue weighted by Gasteiger charge is -2.23. The van der Waals surface area contributed by atoms with Crippen LogP contribution < -0.4 is 0 Å². The van der Waals surface area contributed by atoms with Gasteiger partial charge >= 0.3 is 0 Å². The minimum atomic E-state index is -1.01. The topological polar surface area (TPSA) is 79.2 Å². The van der Waals surface area contributed by atoms with E-state index in [0.717, 1.165) is 12.8 Å². The van der Waals surface area contributed by atoms with Crippen LogP contribution >= 0.6 is 0 Å². The molecule has 1 rings (SSSR count). The molecular formula is C14H26O5. The Labute approximate surface area is 114 Å². The normalized spacial score (nSPS) is 29.2. The summed E-state index contributed by atoms with van der Waals surface area (Å²) in [5.41, 5.74) is 0. The third-order valence-electron chi connectivity index (χ3n) is 3.21. The number of hydrogen-bond acceptors (Lipinski definition) is 5. The second kappa shape index (κ2) is 9.44. The van der Waals surface area contributed by atoms with Crippen molar-refractivity contribution in [1.82, 2.24) is 0 Å². The SMILES string of the molecule is CCCC/C=C/CCO[C@H]1[C@@H]([C@@H](O)CO)OC[C@H]1O. The highest BCUT2D eigenvalue weighted by atomic mass is 16.6. The number of rotatable bonds is 9. The Bertz CT molecular complexity index is 256. The molecule has 1 heterocycles. The standard InChI is InChI=1S/C14H26O5/c1-2-3-4-5-6-7-8-18-14-12(17)10-19-13(14)11(16)9-15/h5-6,11-17H,2-4,7-10H2,1H3/b6-5+/t11-,12+,13+,14+/m0/s1. The molecule has 0 aliphatic carbocycles. The number of unbranched alkanes of at least 4 members (excludes halogenated alkanes) is 2. The Hall–Kier alpha value is -0.460. The summed E-state index contributed by atoms with van der Waals surface area (Å²) < 4.78 is 10.8. The summed E-state index contributed by atoms with van der Waals surface area (Å²) in [6.07, 6.45) is 5.47. The fourth-order valence-electron chi connectivity index (χ4n) is 2.09. The first-order valence-electron chi connectivity index (χ1n) is 7.05. The van der Waals surface area contributed by atoms with Crippen molar-refractivity contribution in [2.75, 3.05) is 19.8 Å². The van der Waals surface area contributed by atoms with Gasteiger partial charge in [0.1, 0.15) is 24.4 Å². The quantitative estimate of drug-likeness (QED) is 0.424. The van der Waals surface area contributed by atoms with E-state index < -0.39 is 31.0 Å². The largest absolute Gasteiger partial charge is 0.394 e. The molecule has 0 unspecified atom stereocenters. The van der Waals surface area contributed by atoms with E-state index in [-0.39, 0.29) is 6.61 Å². The van der Waals surface area contributed by atoms with Crippen LogP contribution in [0.4, 0.5) is 0 Å². The first-order valence-corrected chi connectivity index (χ1v) is 7.05. The van der Waals surface area contributed by atoms with Gasteiger partial charge in [0, 0.05) is 0 Å². The van der Waals surface area contributed by atoms with Gasteiger partial charge in [-0.3, -0.25) is 0 Å². The fraction of sp³-hybridized carbons (Fsp3) is 0.857. The summed E-state index contributed by atoms with van der Waals surface area (Å²) in [4.78, 5) is 0. The van der Waals surface area contributed by atoms with Gasteiger partial charge in [-0.2, -0.15) is 0 Å². The average molecular weight is 274 g/mol. The predicted molar refractivity (Wildman–Crippen MR) is 71.9 cm³/mol. The molecule has 0 amide bonds. The lowest BCUT2D eigenvalue weighted by atomic mass is 10.1. The molecule has 0 saturated carbocycles. The van der Waals surface area contributed by atoms with Crippen molar-refractivity contribution in [3.05, 3.63) is 12.2 Å². The van der Waals surface area contributed by atoms with Gasteiger partial charge < -0.3 is 24.8 Å². The van der Waals surface area contributed by atoms with Crippen molar-refractivity contribution < 1.29 is 24.8 Å². The number of aliphatic hydroxyl groups is 3. The third kappa shape index (κ3) is 5.58. The third-order valence-corrected chi connectivity index (χ3v) is 3.21. The van der Waals surface area contributed by atoms with Crippen LogP contribution in [0.15, 0.2) is 12.2 Å². The molecule has 0 bridgehead atoms. The molecule has 0 spiro atoms. The van der Waals surface area contributed by atoms with Crippen LogP contribution in [0, 0.1) is 0 Å². The van der Waals surface area contributed by atoms with Crippen LogP contribution in [0.5, 0.6) is 0 Å². The Morgan fingerprint density at radius 2 is 2.11 bits per heavy atom. The maximum absolute atomic E-state index is 9.72. The molecule has 3 N–H and O–H groups in total. The molecule has 19 heavy (non-hydrogen) atoms. The zero-order valence-corrected chi connectivity index (χ0v) is 11.6. The molecule has 0 aromatic carbocycles. The van der Waals surface area contributed by atoms with Gasteiger partial charge in [0.25, 0.3) is 0 Å². The van der Waals surface area contributed by atoms with Gasteiger partial charge in [-0.1, -0.05) is 31.9 Å². The molecule has 0 aromatic rings. The monoisotopic (exact) mass is 274 g/mol. The smallest absolute Gasteiger partial charge is 0.114 e. The van der Waals surface area contributed by atoms with E-state index in [1.807, 2.05) is 0 Å². The van der Waals surface area contributed by atoms with E-state index in [4.69, 9.17) is 14.6 Å². The van der Waals surface area contributed by atoms with Crippen molar-refractivity contribution >= 4 is 0 Å². The summed E-state index contributed by atoms with van der Waals surface area (Å²) >= 11 is 0. The summed E-state index contributed by atoms with van der Waals surface area (Å²) in [6.45, 7) is 2.38. The first kappa shape index (κ1) is 16.6. The minimum absolute atomic E-state index is 0.138. The summed E-state index contributed by atoms with van der Waals surface area (Å²) in [5, 5.41) is 28.2. The lowest BCUT2D eigenvalue weighted by molar-refractivity contribution is -0.0924. The van der Waals surface area contributed by atoms with E-state index in [0.29, 0.717) is 6.61 Å². The molecule has 5 nitrogen and oxygen atoms in total. The Kier molecular flexibility index (Phi) is 8.25. The van der Waals surface area contributed by atoms with Crippen LogP contribution in [0.25, 0.3) is 0 Å². The number of hydrogen-bond donors (Lipinski definition) is 3. The van der Waals surface area contributed by atoms with Crippen molar-refractivity contribution in [3.63, 3.8) is 0 Å². The van der Waals surface area contributed by atoms with Crippen molar-refractivity contribution in [2.24, 2.45) is 0 Å². The maximum Gasteiger partial charge on any atom is 0.114 e. The second-order valence-electron chi connectivity index (χ2n) is 4.85. The first-order chi connectivity index (χ1) is 9.20. The van der Waals surface area contributed by atoms with E-state index in [9.17, 15) is 10.2 Å². The lowest BCUT2D eigenvalue weighted by Crippen LogP contribution is -2.42. The zero-order chi connectivity index (χ0) is 14.1. The molecule has 5 heteroatoms. The van der Waals surface area contributed by atoms with E-state index >= 15 is 0 Å². The van der Waals surface area contributed by atoms with Gasteiger partial charge in [-0.25, -0.2) is 0 Å². The predicted octanol–water partition coefficient (Wildman–Crippen LogP) is 0.621. The highest BCUT2D eigenvalue weighted by Crippen LogP contribution is 2.21. The molecule has 1 saturated heterocycles. The van der Waals surface area contributed by atoms with Crippen LogP contribution in [0.1, 0.15) is 32.6 Å². The highest BCUT2D eigenvalue weighted by Gasteiger charge is 2.40. The summed E-state index contributed by atoms with van der Waals surface area (Å²) in [6, 6.07) is 0. The second-order valence-corrected chi connectivity index (χ2v) is 4.85. The summed E-state index contributed by atoms with van der Waals surface area (Å²) in [7, 11) is 0. The molecule has 0 aromatic heterocycles. The van der Waals surface area contributed by atoms with Gasteiger partial charge in [-0.15, -0.1) is 0 Å². The van der Waals surface area contributed by atoms with Crippen LogP contribution in [-0.2, 0) is 9.47 Å². The van der Waals surface area contributed by atoms with Gasteiger partial charge in [0.05, 0.1) is 19.8 Å². The van der Waals surface area contributed by atoms with Crippen molar-refractivity contribution in [2.45, 2.75) is 57.0 Å². The Morgan fingerprint density at radius 3 is 2.79 bits per heavy atom. The summed E-state index contributed by atoms with van der Waals surface area (Å²) in [5.74, 6) is 0. The molecule has 112 valence electrons. The van der Waals surface area contributed by atoms with Crippen LogP contribution in [0.3, 0.4) is 0 Å². The molecule has 1 fully saturated rings. The fourth-order valence-corrected chi connectivity index (χ4v) is 2.09. The number of aliphatic hydroxyl groups excluding tert-OH is 3. The average Bonchev–Trinajstić information content (AvgIpc) is 2.78. The number of ether oxygens (including phenoxy) is 2. The van der Waals surface area contributed by atoms with Crippen LogP contribution in [-0.4, -0.2) is 59.6 Å². The molecule has 4 atom stereocenters. The van der Waals surface area contributed by atoms with E-state index in [1.165, 1.54) is 12.8 Å². The van der Waals surface area contributed by atoms with Crippen molar-refractivity contribution in [3.8, 4) is 0 Å². The van der Waals surface area contributed by atoms with Crippen LogP contribution in [0.2, 0.25) is 0 Å². The highest BCUT2D eigenvalue weighted by molar-refractivity contribution is 4.89. The van der Waals surface area contributed by atoms with Gasteiger partial charge in [0.2, 0.25) is 0 Å². The number of allylic oxidation sites excluding steroid dienone is 1. The zero-order valence-electron chi connectivity index (χ0n) is 11.6. The van der Waals surface area contributed by atoms with E-state index in [1.54, 1.807) is 0 Å². The Balaban J connectivity index is 2.24. The molecule has 1 aliphatic rings. The molecular weight excluding hydrogens is 248 g/mol. The maximum atomic E-state index is 9.72. The van der Waals surface area contributed by atoms with Crippen molar-refractivity contribution in [1.29, 1.82) is 0 Å². The molecule has 1 aliphatic heterocycles. The minimum Gasteiger partial charge on any atom is -0.394 e. The molecule has 0 radical (unpaired) electrons. The van der Waals surface area contributed by atoms with Gasteiger partial charge in [0.15, 0.2) is 0 Å². The van der Waals surface area contributed by atoms with E-state index in [2.05, 4.69) is 19.1 Å². The van der Waals surface area contributed by atoms with Gasteiger partial charge in [-0.05, 0) is 12.8 Å².